The van der Waals surface area contributed by atoms with E-state index in [-0.39, 0.29) is 17.3 Å². The van der Waals surface area contributed by atoms with Crippen molar-refractivity contribution in [3.63, 3.8) is 0 Å². The van der Waals surface area contributed by atoms with E-state index in [0.717, 1.165) is 15.4 Å². The number of hydrogen-bond donors (Lipinski definition) is 1. The zero-order valence-electron chi connectivity index (χ0n) is 23.6. The van der Waals surface area contributed by atoms with Crippen LogP contribution in [0.1, 0.15) is 38.8 Å². The van der Waals surface area contributed by atoms with Gasteiger partial charge < -0.3 is 15.0 Å². The maximum Gasteiger partial charge on any atom is 0.264 e. The predicted octanol–water partition coefficient (Wildman–Crippen LogP) is 5.18. The summed E-state index contributed by atoms with van der Waals surface area (Å²) < 4.78 is 34.0. The van der Waals surface area contributed by atoms with Crippen molar-refractivity contribution in [2.75, 3.05) is 18.0 Å². The van der Waals surface area contributed by atoms with Gasteiger partial charge >= 0.3 is 0 Å². The molecule has 0 unspecified atom stereocenters. The summed E-state index contributed by atoms with van der Waals surface area (Å²) in [5, 5.41) is 3.45. The van der Waals surface area contributed by atoms with Gasteiger partial charge in [-0.2, -0.15) is 0 Å². The molecular formula is C30H36ClN3O5S. The molecule has 2 amide bonds. The lowest BCUT2D eigenvalue weighted by Gasteiger charge is -2.33. The lowest BCUT2D eigenvalue weighted by atomic mass is 10.1. The van der Waals surface area contributed by atoms with Gasteiger partial charge in [-0.15, -0.1) is 0 Å². The zero-order chi connectivity index (χ0) is 29.7. The lowest BCUT2D eigenvalue weighted by Crippen LogP contribution is -2.54. The summed E-state index contributed by atoms with van der Waals surface area (Å²) in [5.74, 6) is -0.386. The average Bonchev–Trinajstić information content (AvgIpc) is 2.90. The summed E-state index contributed by atoms with van der Waals surface area (Å²) >= 11 is 6.05. The van der Waals surface area contributed by atoms with Crippen LogP contribution < -0.4 is 14.4 Å². The second-order valence-corrected chi connectivity index (χ2v) is 12.9. The molecule has 10 heteroatoms. The average molecular weight is 586 g/mol. The minimum absolute atomic E-state index is 0.00412. The highest BCUT2D eigenvalue weighted by Crippen LogP contribution is 2.26. The first-order chi connectivity index (χ1) is 18.7. The van der Waals surface area contributed by atoms with E-state index >= 15 is 0 Å². The Kier molecular flexibility index (Phi) is 9.87. The van der Waals surface area contributed by atoms with Crippen LogP contribution in [0.2, 0.25) is 5.02 Å². The molecular weight excluding hydrogens is 550 g/mol. The van der Waals surface area contributed by atoms with Crippen LogP contribution in [0.25, 0.3) is 0 Å². The van der Waals surface area contributed by atoms with E-state index < -0.39 is 34.1 Å². The lowest BCUT2D eigenvalue weighted by molar-refractivity contribution is -0.140. The Morgan fingerprint density at radius 1 is 0.950 bits per heavy atom. The van der Waals surface area contributed by atoms with E-state index in [9.17, 15) is 18.0 Å². The Labute approximate surface area is 241 Å². The molecule has 0 saturated carbocycles. The molecule has 0 aliphatic carbocycles. The number of rotatable bonds is 10. The van der Waals surface area contributed by atoms with Gasteiger partial charge in [-0.05, 0) is 88.7 Å². The van der Waals surface area contributed by atoms with E-state index in [1.165, 1.54) is 24.1 Å². The van der Waals surface area contributed by atoms with E-state index in [0.29, 0.717) is 16.5 Å². The van der Waals surface area contributed by atoms with Crippen LogP contribution in [0.4, 0.5) is 5.69 Å². The fourth-order valence-corrected chi connectivity index (χ4v) is 5.50. The summed E-state index contributed by atoms with van der Waals surface area (Å²) in [5.41, 5.74) is 1.49. The molecule has 0 saturated heterocycles. The summed E-state index contributed by atoms with van der Waals surface area (Å²) in [6.45, 7) is 8.64. The molecule has 0 aromatic heterocycles. The molecule has 0 aliphatic rings. The monoisotopic (exact) mass is 585 g/mol. The molecule has 0 radical (unpaired) electrons. The Balaban J connectivity index is 2.03. The minimum Gasteiger partial charge on any atom is -0.497 e. The smallest absolute Gasteiger partial charge is 0.264 e. The normalized spacial score (nSPS) is 12.4. The molecule has 3 aromatic carbocycles. The third-order valence-corrected chi connectivity index (χ3v) is 8.22. The van der Waals surface area contributed by atoms with Crippen molar-refractivity contribution in [2.45, 2.75) is 57.6 Å². The molecule has 0 aliphatic heterocycles. The third-order valence-electron chi connectivity index (χ3n) is 6.18. The minimum atomic E-state index is -4.16. The molecule has 8 nitrogen and oxygen atoms in total. The molecule has 0 spiro atoms. The van der Waals surface area contributed by atoms with Crippen molar-refractivity contribution in [1.29, 1.82) is 0 Å². The standard InChI is InChI=1S/C30H36ClN3O5S/c1-21-7-13-25(14-8-21)34(40(37,38)27-17-15-26(39-6)16-18-27)20-28(35)33(19-23-9-11-24(31)12-10-23)22(2)29(36)32-30(3,4)5/h7-18,22H,19-20H2,1-6H3,(H,32,36)/t22-/m0/s1. The molecule has 1 N–H and O–H groups in total. The number of sulfonamides is 1. The van der Waals surface area contributed by atoms with Crippen LogP contribution in [-0.4, -0.2) is 50.4 Å². The highest BCUT2D eigenvalue weighted by atomic mass is 35.5. The Bertz CT molecular complexity index is 1420. The maximum atomic E-state index is 13.9. The van der Waals surface area contributed by atoms with Gasteiger partial charge in [-0.1, -0.05) is 41.4 Å². The number of carbonyl (C=O) groups is 2. The molecule has 40 heavy (non-hydrogen) atoms. The summed E-state index contributed by atoms with van der Waals surface area (Å²) in [4.78, 5) is 28.5. The van der Waals surface area contributed by atoms with Gasteiger partial charge in [-0.3, -0.25) is 13.9 Å². The number of hydrogen-bond acceptors (Lipinski definition) is 5. The molecule has 0 heterocycles. The number of ether oxygens (including phenoxy) is 1. The predicted molar refractivity (Wildman–Crippen MR) is 158 cm³/mol. The van der Waals surface area contributed by atoms with Gasteiger partial charge in [0.05, 0.1) is 17.7 Å². The summed E-state index contributed by atoms with van der Waals surface area (Å²) in [7, 11) is -2.67. The number of carbonyl (C=O) groups excluding carboxylic acids is 2. The first kappa shape index (κ1) is 31.0. The summed E-state index contributed by atoms with van der Waals surface area (Å²) in [6, 6.07) is 18.9. The Morgan fingerprint density at radius 2 is 1.52 bits per heavy atom. The second-order valence-electron chi connectivity index (χ2n) is 10.6. The number of benzene rings is 3. The van der Waals surface area contributed by atoms with Crippen molar-refractivity contribution < 1.29 is 22.7 Å². The number of aryl methyl sites for hydroxylation is 1. The van der Waals surface area contributed by atoms with E-state index in [2.05, 4.69) is 5.32 Å². The molecule has 1 atom stereocenters. The van der Waals surface area contributed by atoms with Gasteiger partial charge in [0, 0.05) is 17.1 Å². The van der Waals surface area contributed by atoms with Crippen LogP contribution in [0.5, 0.6) is 5.75 Å². The summed E-state index contributed by atoms with van der Waals surface area (Å²) in [6.07, 6.45) is 0. The van der Waals surface area contributed by atoms with Crippen LogP contribution in [-0.2, 0) is 26.2 Å². The largest absolute Gasteiger partial charge is 0.497 e. The van der Waals surface area contributed by atoms with E-state index in [4.69, 9.17) is 16.3 Å². The molecule has 214 valence electrons. The highest BCUT2D eigenvalue weighted by Gasteiger charge is 2.33. The van der Waals surface area contributed by atoms with Crippen molar-refractivity contribution in [3.8, 4) is 5.75 Å². The topological polar surface area (TPSA) is 96.0 Å². The fourth-order valence-electron chi connectivity index (χ4n) is 3.96. The van der Waals surface area contributed by atoms with Gasteiger partial charge in [0.2, 0.25) is 11.8 Å². The zero-order valence-corrected chi connectivity index (χ0v) is 25.2. The first-order valence-electron chi connectivity index (χ1n) is 12.8. The number of amides is 2. The molecule has 3 aromatic rings. The maximum absolute atomic E-state index is 13.9. The van der Waals surface area contributed by atoms with Gasteiger partial charge in [0.25, 0.3) is 10.0 Å². The first-order valence-corrected chi connectivity index (χ1v) is 14.6. The quantitative estimate of drug-likeness (QED) is 0.353. The Morgan fingerprint density at radius 3 is 2.05 bits per heavy atom. The molecule has 0 fully saturated rings. The van der Waals surface area contributed by atoms with Crippen LogP contribution in [0, 0.1) is 6.92 Å². The van der Waals surface area contributed by atoms with Gasteiger partial charge in [-0.25, -0.2) is 8.42 Å². The van der Waals surface area contributed by atoms with E-state index in [1.807, 2.05) is 27.7 Å². The van der Waals surface area contributed by atoms with Crippen LogP contribution >= 0.6 is 11.6 Å². The van der Waals surface area contributed by atoms with Crippen molar-refractivity contribution >= 4 is 39.1 Å². The van der Waals surface area contributed by atoms with Crippen molar-refractivity contribution in [2.24, 2.45) is 0 Å². The third kappa shape index (κ3) is 7.99. The van der Waals surface area contributed by atoms with Crippen molar-refractivity contribution in [3.05, 3.63) is 88.9 Å². The number of halogens is 1. The van der Waals surface area contributed by atoms with Gasteiger partial charge in [0.1, 0.15) is 18.3 Å². The highest BCUT2D eigenvalue weighted by molar-refractivity contribution is 7.92. The van der Waals surface area contributed by atoms with Crippen LogP contribution in [0.15, 0.2) is 77.7 Å². The number of anilines is 1. The van der Waals surface area contributed by atoms with Gasteiger partial charge in [0.15, 0.2) is 0 Å². The molecule has 3 rings (SSSR count). The van der Waals surface area contributed by atoms with Crippen LogP contribution in [0.3, 0.4) is 0 Å². The fraction of sp³-hybridized carbons (Fsp3) is 0.333. The number of nitrogens with zero attached hydrogens (tertiary/aromatic N) is 2. The van der Waals surface area contributed by atoms with Crippen molar-refractivity contribution in [1.82, 2.24) is 10.2 Å². The second kappa shape index (κ2) is 12.7. The SMILES string of the molecule is COc1ccc(S(=O)(=O)N(CC(=O)N(Cc2ccc(Cl)cc2)[C@@H](C)C(=O)NC(C)(C)C)c2ccc(C)cc2)cc1. The molecule has 0 bridgehead atoms. The Hall–Kier alpha value is -3.56. The number of nitrogens with one attached hydrogen (secondary N) is 1. The van der Waals surface area contributed by atoms with E-state index in [1.54, 1.807) is 67.6 Å². The number of methoxy groups -OCH3 is 1.